The van der Waals surface area contributed by atoms with E-state index in [0.29, 0.717) is 12.0 Å². The van der Waals surface area contributed by atoms with Gasteiger partial charge in [-0.2, -0.15) is 0 Å². The molecule has 1 rings (SSSR count). The van der Waals surface area contributed by atoms with Gasteiger partial charge in [-0.25, -0.2) is 0 Å². The summed E-state index contributed by atoms with van der Waals surface area (Å²) in [4.78, 5) is 0. The van der Waals surface area contributed by atoms with E-state index in [4.69, 9.17) is 5.73 Å². The predicted molar refractivity (Wildman–Crippen MR) is 66.3 cm³/mol. The average Bonchev–Trinajstić information content (AvgIpc) is 2.85. The second-order valence-corrected chi connectivity index (χ2v) is 5.33. The Morgan fingerprint density at radius 2 is 1.80 bits per heavy atom. The van der Waals surface area contributed by atoms with Crippen molar-refractivity contribution in [3.63, 3.8) is 0 Å². The van der Waals surface area contributed by atoms with Crippen molar-refractivity contribution >= 4 is 0 Å². The van der Waals surface area contributed by atoms with Crippen LogP contribution in [0.5, 0.6) is 0 Å². The zero-order chi connectivity index (χ0) is 11.4. The van der Waals surface area contributed by atoms with E-state index in [1.54, 1.807) is 0 Å². The van der Waals surface area contributed by atoms with Gasteiger partial charge in [0.2, 0.25) is 0 Å². The maximum Gasteiger partial charge on any atom is 0.0123 e. The largest absolute Gasteiger partial charge is 0.328 e. The van der Waals surface area contributed by atoms with Gasteiger partial charge < -0.3 is 5.73 Å². The molecule has 4 unspecified atom stereocenters. The fraction of sp³-hybridized carbons (Fsp3) is 0.857. The molecular weight excluding hydrogens is 182 g/mol. The number of rotatable bonds is 4. The van der Waals surface area contributed by atoms with Gasteiger partial charge in [-0.1, -0.05) is 27.2 Å². The van der Waals surface area contributed by atoms with Crippen molar-refractivity contribution in [2.24, 2.45) is 29.4 Å². The van der Waals surface area contributed by atoms with Crippen molar-refractivity contribution in [1.29, 1.82) is 0 Å². The van der Waals surface area contributed by atoms with E-state index < -0.39 is 0 Å². The Kier molecular flexibility index (Phi) is 4.67. The third kappa shape index (κ3) is 3.54. The second kappa shape index (κ2) is 5.56. The first-order valence-electron chi connectivity index (χ1n) is 6.29. The van der Waals surface area contributed by atoms with Gasteiger partial charge in [0.05, 0.1) is 0 Å². The third-order valence-corrected chi connectivity index (χ3v) is 3.45. The van der Waals surface area contributed by atoms with Crippen LogP contribution in [-0.2, 0) is 0 Å². The van der Waals surface area contributed by atoms with Gasteiger partial charge in [-0.05, 0) is 30.6 Å². The molecule has 1 aliphatic rings. The van der Waals surface area contributed by atoms with Gasteiger partial charge in [-0.15, -0.1) is 11.8 Å². The zero-order valence-electron chi connectivity index (χ0n) is 10.6. The smallest absolute Gasteiger partial charge is 0.0123 e. The van der Waals surface area contributed by atoms with E-state index in [2.05, 4.69) is 39.5 Å². The van der Waals surface area contributed by atoms with Gasteiger partial charge in [0.15, 0.2) is 0 Å². The highest BCUT2D eigenvalue weighted by atomic mass is 14.7. The van der Waals surface area contributed by atoms with Crippen molar-refractivity contribution in [1.82, 2.24) is 0 Å². The highest BCUT2D eigenvalue weighted by molar-refractivity contribution is 5.09. The Hall–Kier alpha value is -0.480. The first kappa shape index (κ1) is 12.6. The standard InChI is InChI=1S/C14H25N/c1-5-12-13(14(12)11(4)15)9-7-6-8-10(2)3/h10-14H,5,8-9,15H2,1-4H3. The lowest BCUT2D eigenvalue weighted by Crippen LogP contribution is -2.19. The topological polar surface area (TPSA) is 26.0 Å². The molecule has 0 spiro atoms. The minimum atomic E-state index is 0.354. The summed E-state index contributed by atoms with van der Waals surface area (Å²) in [7, 11) is 0. The van der Waals surface area contributed by atoms with Crippen LogP contribution in [0.4, 0.5) is 0 Å². The third-order valence-electron chi connectivity index (χ3n) is 3.45. The monoisotopic (exact) mass is 207 g/mol. The summed E-state index contributed by atoms with van der Waals surface area (Å²) in [5.41, 5.74) is 5.96. The molecule has 0 bridgehead atoms. The second-order valence-electron chi connectivity index (χ2n) is 5.33. The van der Waals surface area contributed by atoms with E-state index >= 15 is 0 Å². The summed E-state index contributed by atoms with van der Waals surface area (Å²) in [5, 5.41) is 0. The van der Waals surface area contributed by atoms with E-state index in [0.717, 1.165) is 30.6 Å². The van der Waals surface area contributed by atoms with Crippen molar-refractivity contribution in [2.75, 3.05) is 0 Å². The van der Waals surface area contributed by atoms with Crippen LogP contribution in [-0.4, -0.2) is 6.04 Å². The molecule has 4 atom stereocenters. The van der Waals surface area contributed by atoms with Crippen LogP contribution in [0.15, 0.2) is 0 Å². The Balaban J connectivity index is 2.30. The number of nitrogens with two attached hydrogens (primary N) is 1. The Bertz CT molecular complexity index is 244. The first-order valence-corrected chi connectivity index (χ1v) is 6.29. The van der Waals surface area contributed by atoms with Gasteiger partial charge in [-0.3, -0.25) is 0 Å². The first-order chi connectivity index (χ1) is 7.07. The SMILES string of the molecule is CCC1C(CC#CCC(C)C)C1C(C)N. The minimum Gasteiger partial charge on any atom is -0.328 e. The van der Waals surface area contributed by atoms with Crippen LogP contribution in [0.25, 0.3) is 0 Å². The minimum absolute atomic E-state index is 0.354. The van der Waals surface area contributed by atoms with Gasteiger partial charge in [0.25, 0.3) is 0 Å². The number of hydrogen-bond donors (Lipinski definition) is 1. The van der Waals surface area contributed by atoms with Crippen molar-refractivity contribution < 1.29 is 0 Å². The van der Waals surface area contributed by atoms with Crippen molar-refractivity contribution in [2.45, 2.75) is 53.0 Å². The summed E-state index contributed by atoms with van der Waals surface area (Å²) < 4.78 is 0. The zero-order valence-corrected chi connectivity index (χ0v) is 10.6. The Morgan fingerprint density at radius 1 is 1.13 bits per heavy atom. The molecule has 0 aromatic rings. The molecule has 2 N–H and O–H groups in total. The lowest BCUT2D eigenvalue weighted by molar-refractivity contribution is 0.571. The predicted octanol–water partition coefficient (Wildman–Crippen LogP) is 3.05. The molecule has 1 saturated carbocycles. The van der Waals surface area contributed by atoms with Gasteiger partial charge in [0.1, 0.15) is 0 Å². The molecule has 1 heteroatoms. The highest BCUT2D eigenvalue weighted by Gasteiger charge is 2.49. The lowest BCUT2D eigenvalue weighted by atomic mass is 10.1. The van der Waals surface area contributed by atoms with Crippen molar-refractivity contribution in [3.05, 3.63) is 0 Å². The summed E-state index contributed by atoms with van der Waals surface area (Å²) in [6.45, 7) is 8.83. The summed E-state index contributed by atoms with van der Waals surface area (Å²) in [6.07, 6.45) is 3.37. The van der Waals surface area contributed by atoms with E-state index in [1.165, 1.54) is 6.42 Å². The molecule has 1 nitrogen and oxygen atoms in total. The normalized spacial score (nSPS) is 30.9. The van der Waals surface area contributed by atoms with Crippen LogP contribution in [0.2, 0.25) is 0 Å². The fourth-order valence-corrected chi connectivity index (χ4v) is 2.58. The summed E-state index contributed by atoms with van der Waals surface area (Å²) in [6, 6.07) is 0.354. The molecular formula is C14H25N. The lowest BCUT2D eigenvalue weighted by Gasteiger charge is -2.01. The molecule has 0 heterocycles. The number of hydrogen-bond acceptors (Lipinski definition) is 1. The molecule has 0 aromatic carbocycles. The van der Waals surface area contributed by atoms with Crippen molar-refractivity contribution in [3.8, 4) is 11.8 Å². The Morgan fingerprint density at radius 3 is 2.20 bits per heavy atom. The highest BCUT2D eigenvalue weighted by Crippen LogP contribution is 2.51. The molecule has 15 heavy (non-hydrogen) atoms. The van der Waals surface area contributed by atoms with Crippen LogP contribution in [0.1, 0.15) is 47.0 Å². The molecule has 0 aliphatic heterocycles. The van der Waals surface area contributed by atoms with E-state index in [1.807, 2.05) is 0 Å². The molecule has 0 amide bonds. The quantitative estimate of drug-likeness (QED) is 0.705. The van der Waals surface area contributed by atoms with Crippen LogP contribution >= 0.6 is 0 Å². The van der Waals surface area contributed by atoms with Crippen LogP contribution < -0.4 is 5.73 Å². The molecule has 1 fully saturated rings. The summed E-state index contributed by atoms with van der Waals surface area (Å²) >= 11 is 0. The molecule has 1 aliphatic carbocycles. The average molecular weight is 207 g/mol. The molecule has 0 radical (unpaired) electrons. The van der Waals surface area contributed by atoms with E-state index in [9.17, 15) is 0 Å². The molecule has 86 valence electrons. The van der Waals surface area contributed by atoms with E-state index in [-0.39, 0.29) is 0 Å². The maximum absolute atomic E-state index is 5.96. The van der Waals surface area contributed by atoms with Gasteiger partial charge >= 0.3 is 0 Å². The van der Waals surface area contributed by atoms with Crippen LogP contribution in [0, 0.1) is 35.5 Å². The Labute approximate surface area is 94.8 Å². The molecule has 0 saturated heterocycles. The molecule has 0 aromatic heterocycles. The summed E-state index contributed by atoms with van der Waals surface area (Å²) in [5.74, 6) is 9.66. The van der Waals surface area contributed by atoms with Crippen LogP contribution in [0.3, 0.4) is 0 Å². The maximum atomic E-state index is 5.96. The fourth-order valence-electron chi connectivity index (χ4n) is 2.58. The van der Waals surface area contributed by atoms with Gasteiger partial charge in [0, 0.05) is 18.9 Å².